The summed E-state index contributed by atoms with van der Waals surface area (Å²) >= 11 is 0. The zero-order valence-corrected chi connectivity index (χ0v) is 45.0. The van der Waals surface area contributed by atoms with E-state index in [1.807, 2.05) is 121 Å². The van der Waals surface area contributed by atoms with Crippen LogP contribution in [0.4, 0.5) is 5.69 Å². The van der Waals surface area contributed by atoms with E-state index in [-0.39, 0.29) is 21.1 Å². The molecule has 2 aliphatic rings. The third-order valence-corrected chi connectivity index (χ3v) is 15.9. The molecule has 3 aromatic heterocycles. The van der Waals surface area contributed by atoms with Crippen LogP contribution in [0.3, 0.4) is 0 Å². The van der Waals surface area contributed by atoms with E-state index in [9.17, 15) is 10.5 Å². The molecule has 8 nitrogen and oxygen atoms in total. The molecule has 9 heteroatoms. The van der Waals surface area contributed by atoms with Crippen LogP contribution in [-0.4, -0.2) is 15.0 Å². The average molecular weight is 1210 g/mol. The molecule has 0 saturated carbocycles. The number of rotatable bonds is 3. The molecule has 0 atom stereocenters. The molecule has 0 unspecified atom stereocenters. The zero-order chi connectivity index (χ0) is 53.2. The van der Waals surface area contributed by atoms with E-state index in [1.54, 1.807) is 0 Å². The van der Waals surface area contributed by atoms with Crippen molar-refractivity contribution in [2.24, 2.45) is 0 Å². The molecule has 0 N–H and O–H groups in total. The van der Waals surface area contributed by atoms with Gasteiger partial charge < -0.3 is 15.0 Å². The van der Waals surface area contributed by atoms with Crippen LogP contribution in [-0.2, 0) is 21.1 Å². The third-order valence-electron chi connectivity index (χ3n) is 15.9. The Hall–Kier alpha value is -10.8. The van der Waals surface area contributed by atoms with Gasteiger partial charge in [-0.25, -0.2) is 9.83 Å². The Balaban J connectivity index is 0.00000564. The van der Waals surface area contributed by atoms with Gasteiger partial charge in [0.1, 0.15) is 0 Å². The molecule has 374 valence electrons. The Morgan fingerprint density at radius 1 is 0.358 bits per heavy atom. The van der Waals surface area contributed by atoms with Crippen molar-refractivity contribution in [3.63, 3.8) is 0 Å². The largest absolute Gasteiger partial charge is 2.00 e. The predicted molar refractivity (Wildman–Crippen MR) is 323 cm³/mol. The summed E-state index contributed by atoms with van der Waals surface area (Å²) < 4.78 is 0. The molecular formula is C72H36N8Pt. The topological polar surface area (TPSA) is 119 Å². The van der Waals surface area contributed by atoms with Gasteiger partial charge in [0.25, 0.3) is 0 Å². The maximum atomic E-state index is 10.6. The van der Waals surface area contributed by atoms with Crippen molar-refractivity contribution in [3.8, 4) is 90.7 Å². The second-order valence-electron chi connectivity index (χ2n) is 20.4. The van der Waals surface area contributed by atoms with Gasteiger partial charge in [0.2, 0.25) is 0 Å². The number of hydrogen-bond donors (Lipinski definition) is 0. The van der Waals surface area contributed by atoms with Gasteiger partial charge in [0, 0.05) is 27.8 Å². The smallest absolute Gasteiger partial charge is 0.656 e. The summed E-state index contributed by atoms with van der Waals surface area (Å²) in [6.07, 6.45) is 0. The fraction of sp³-hybridized carbons (Fsp3) is 0. The third kappa shape index (κ3) is 7.42. The van der Waals surface area contributed by atoms with Gasteiger partial charge in [0.05, 0.1) is 52.7 Å². The molecule has 14 aromatic rings. The number of benzene rings is 11. The Kier molecular flexibility index (Phi) is 10.8. The first kappa shape index (κ1) is 47.4. The molecule has 8 bridgehead atoms. The van der Waals surface area contributed by atoms with E-state index in [0.717, 1.165) is 120 Å². The van der Waals surface area contributed by atoms with Gasteiger partial charge in [0.15, 0.2) is 5.69 Å². The van der Waals surface area contributed by atoms with Crippen molar-refractivity contribution >= 4 is 92.5 Å². The van der Waals surface area contributed by atoms with Gasteiger partial charge in [-0.1, -0.05) is 140 Å². The molecule has 2 aliphatic heterocycles. The molecule has 0 amide bonds. The van der Waals surface area contributed by atoms with Crippen LogP contribution in [0, 0.1) is 29.2 Å². The maximum Gasteiger partial charge on any atom is 2.00 e. The van der Waals surface area contributed by atoms with Crippen molar-refractivity contribution in [1.29, 1.82) is 10.5 Å². The van der Waals surface area contributed by atoms with E-state index in [2.05, 4.69) is 114 Å². The van der Waals surface area contributed by atoms with Gasteiger partial charge in [-0.3, -0.25) is 4.98 Å². The molecular weight excluding hydrogens is 1170 g/mol. The Labute approximate surface area is 477 Å². The van der Waals surface area contributed by atoms with Crippen LogP contribution in [0.2, 0.25) is 0 Å². The van der Waals surface area contributed by atoms with Crippen LogP contribution in [0.5, 0.6) is 0 Å². The average Bonchev–Trinajstić information content (AvgIpc) is 4.25. The summed E-state index contributed by atoms with van der Waals surface area (Å²) in [5.74, 6) is 0.478. The Morgan fingerprint density at radius 3 is 1.19 bits per heavy atom. The monoisotopic (exact) mass is 1210 g/mol. The summed E-state index contributed by atoms with van der Waals surface area (Å²) in [6, 6.07) is 78.8. The minimum absolute atomic E-state index is 0. The fourth-order valence-electron chi connectivity index (χ4n) is 12.2. The predicted octanol–water partition coefficient (Wildman–Crippen LogP) is 17.8. The summed E-state index contributed by atoms with van der Waals surface area (Å²) in [5, 5.41) is 32.8. The first-order valence-corrected chi connectivity index (χ1v) is 26.3. The molecule has 81 heavy (non-hydrogen) atoms. The van der Waals surface area contributed by atoms with Gasteiger partial charge >= 0.3 is 21.1 Å². The summed E-state index contributed by atoms with van der Waals surface area (Å²) in [5.41, 5.74) is 13.7. The molecule has 11 aromatic carbocycles. The second kappa shape index (κ2) is 18.4. The van der Waals surface area contributed by atoms with Crippen LogP contribution >= 0.6 is 0 Å². The second-order valence-corrected chi connectivity index (χ2v) is 20.4. The molecule has 0 spiro atoms. The van der Waals surface area contributed by atoms with Gasteiger partial charge in [-0.15, -0.1) is 11.0 Å². The maximum absolute atomic E-state index is 10.6. The van der Waals surface area contributed by atoms with E-state index >= 15 is 0 Å². The van der Waals surface area contributed by atoms with Gasteiger partial charge in [-0.05, 0) is 182 Å². The number of nitriles is 2. The van der Waals surface area contributed by atoms with Gasteiger partial charge in [-0.2, -0.15) is 10.5 Å². The van der Waals surface area contributed by atoms with Crippen molar-refractivity contribution < 1.29 is 21.1 Å². The molecule has 0 fully saturated rings. The standard InChI is InChI=1S/C72H36N8.Pt/c1-75-53-26-12-25-52(29-53)64-68-57-33-45-18-5-3-16-43(45)31-55(57)66(77-68)62(50-23-10-13-40(27-50)38-73)65-54-30-42-15-2-4-17-44(42)32-56(54)67(76-65)63(51-24-11-14-41(28-51)39-74)69-58-34-46-19-6-8-21-48(46)36-60(58)71(78-69)80-72-61-37-49-22-9-7-20-47(49)35-59(61)70(64)79-72;/h2-37H;/q-2;+2. The van der Waals surface area contributed by atoms with Crippen LogP contribution in [0.25, 0.3) is 170 Å². The van der Waals surface area contributed by atoms with E-state index in [4.69, 9.17) is 31.5 Å². The molecule has 5 heterocycles. The van der Waals surface area contributed by atoms with Crippen LogP contribution in [0.1, 0.15) is 11.1 Å². The molecule has 16 rings (SSSR count). The number of fused-ring (bicyclic) bond motifs is 24. The Morgan fingerprint density at radius 2 is 0.728 bits per heavy atom. The summed E-state index contributed by atoms with van der Waals surface area (Å²) in [4.78, 5) is 32.9. The minimum atomic E-state index is 0. The summed E-state index contributed by atoms with van der Waals surface area (Å²) in [6.45, 7) is 8.27. The normalized spacial score (nSPS) is 11.6. The zero-order valence-electron chi connectivity index (χ0n) is 42.7. The Bertz CT molecular complexity index is 5380. The van der Waals surface area contributed by atoms with E-state index in [0.29, 0.717) is 61.9 Å². The summed E-state index contributed by atoms with van der Waals surface area (Å²) in [7, 11) is 0. The van der Waals surface area contributed by atoms with Crippen molar-refractivity contribution in [1.82, 2.24) is 24.9 Å². The van der Waals surface area contributed by atoms with Crippen molar-refractivity contribution in [2.45, 2.75) is 0 Å². The van der Waals surface area contributed by atoms with E-state index < -0.39 is 0 Å². The molecule has 0 radical (unpaired) electrons. The van der Waals surface area contributed by atoms with Crippen molar-refractivity contribution in [3.05, 3.63) is 241 Å². The van der Waals surface area contributed by atoms with Crippen LogP contribution in [0.15, 0.2) is 218 Å². The number of aromatic nitrogens is 5. The number of nitrogens with zero attached hydrogens (tertiary/aromatic N) is 8. The first-order chi connectivity index (χ1) is 39.5. The molecule has 0 saturated heterocycles. The first-order valence-electron chi connectivity index (χ1n) is 26.3. The van der Waals surface area contributed by atoms with Crippen LogP contribution < -0.4 is 9.97 Å². The number of hydrogen-bond acceptors (Lipinski definition) is 5. The van der Waals surface area contributed by atoms with Crippen molar-refractivity contribution in [2.75, 3.05) is 0 Å². The molecule has 0 aliphatic carbocycles. The van der Waals surface area contributed by atoms with E-state index in [1.165, 1.54) is 0 Å². The minimum Gasteiger partial charge on any atom is -0.656 e. The quantitative estimate of drug-likeness (QED) is 0.162. The SMILES string of the molecule is [C-]#[N+]c1cccc(-c2c3nc(nc4[n-]c(c(-c5cccc(C#N)c5)c5nc(c(-c6cccc(C#N)c6)c6[n-]c2c2cc7ccccc7cc62)-c2cc6ccccc6cc2-5)c2cc5ccccc5cc42)-c2cc4ccccc4cc2-3)c1.[Pt+2]. The fourth-order valence-corrected chi connectivity index (χ4v) is 12.2.